The zero-order valence-electron chi connectivity index (χ0n) is 18.6. The number of carbonyl (C=O) groups is 2. The van der Waals surface area contributed by atoms with Gasteiger partial charge >= 0.3 is 19.2 Å². The molecule has 0 N–H and O–H groups in total. The topological polar surface area (TPSA) is 78.4 Å². The number of hydrogen-bond acceptors (Lipinski definition) is 6. The normalized spacial score (nSPS) is 14.2. The van der Waals surface area contributed by atoms with Crippen LogP contribution >= 0.6 is 0 Å². The summed E-state index contributed by atoms with van der Waals surface area (Å²) in [4.78, 5) is 30.8. The molecule has 0 unspecified atom stereocenters. The molecule has 1 aliphatic rings. The van der Waals surface area contributed by atoms with Crippen LogP contribution in [0.1, 0.15) is 46.4 Å². The van der Waals surface area contributed by atoms with Crippen molar-refractivity contribution in [1.29, 1.82) is 0 Å². The van der Waals surface area contributed by atoms with Crippen molar-refractivity contribution in [2.75, 3.05) is 14.2 Å². The molecule has 6 nitrogen and oxygen atoms in total. The van der Waals surface area contributed by atoms with Crippen LogP contribution in [-0.4, -0.2) is 43.4 Å². The smallest absolute Gasteiger partial charge is 0.465 e. The first kappa shape index (κ1) is 31.2. The summed E-state index contributed by atoms with van der Waals surface area (Å²) in [6, 6.07) is 6.52. The first-order valence-corrected chi connectivity index (χ1v) is 9.92. The molecule has 1 aliphatic carbocycles. The third-order valence-electron chi connectivity index (χ3n) is 3.96. The summed E-state index contributed by atoms with van der Waals surface area (Å²) in [5, 5.41) is 0. The molecule has 2 heterocycles. The minimum Gasteiger partial charge on any atom is -0.465 e. The van der Waals surface area contributed by atoms with E-state index >= 15 is 0 Å². The van der Waals surface area contributed by atoms with Crippen LogP contribution in [0.3, 0.4) is 0 Å². The summed E-state index contributed by atoms with van der Waals surface area (Å²) in [7, 11) is -3.38. The molecule has 2 aromatic heterocycles. The maximum Gasteiger partial charge on any atom is 0.673 e. The Morgan fingerprint density at radius 1 is 0.706 bits per heavy atom. The van der Waals surface area contributed by atoms with Crippen LogP contribution in [0.15, 0.2) is 61.0 Å². The van der Waals surface area contributed by atoms with E-state index in [0.29, 0.717) is 22.5 Å². The van der Waals surface area contributed by atoms with E-state index < -0.39 is 19.2 Å². The van der Waals surface area contributed by atoms with E-state index in [2.05, 4.69) is 43.7 Å². The first-order valence-electron chi connectivity index (χ1n) is 9.92. The Kier molecular flexibility index (Phi) is 15.3. The van der Waals surface area contributed by atoms with Crippen LogP contribution in [0, 0.1) is 0 Å². The molecule has 2 aromatic rings. The molecule has 0 aromatic carbocycles. The van der Waals surface area contributed by atoms with Gasteiger partial charge < -0.3 is 26.7 Å². The van der Waals surface area contributed by atoms with Gasteiger partial charge in [-0.1, -0.05) is 24.3 Å². The zero-order chi connectivity index (χ0) is 24.7. The van der Waals surface area contributed by atoms with Crippen molar-refractivity contribution in [3.63, 3.8) is 0 Å². The first-order chi connectivity index (χ1) is 15.7. The number of ether oxygens (including phenoxy) is 2. The average molecular weight is 659 g/mol. The van der Waals surface area contributed by atoms with Crippen molar-refractivity contribution in [3.05, 3.63) is 72.1 Å². The molecule has 1 radical (unpaired) electrons. The molecule has 0 fully saturated rings. The summed E-state index contributed by atoms with van der Waals surface area (Å²) in [5.74, 6) is -0.893. The summed E-state index contributed by atoms with van der Waals surface area (Å²) in [5.41, 5.74) is 1.91. The van der Waals surface area contributed by atoms with Gasteiger partial charge in [0.05, 0.1) is 36.7 Å². The molecule has 0 amide bonds. The summed E-state index contributed by atoms with van der Waals surface area (Å²) in [6.07, 6.45) is 16.8. The minimum atomic E-state index is -6.00. The maximum absolute atomic E-state index is 11.3. The van der Waals surface area contributed by atoms with Crippen molar-refractivity contribution in [2.45, 2.75) is 25.7 Å². The second-order valence-corrected chi connectivity index (χ2v) is 6.44. The Hall–Kier alpha value is -2.85. The fourth-order valence-electron chi connectivity index (χ4n) is 2.42. The van der Waals surface area contributed by atoms with E-state index in [-0.39, 0.29) is 20.1 Å². The molecule has 34 heavy (non-hydrogen) atoms. The molecule has 0 bridgehead atoms. The van der Waals surface area contributed by atoms with Crippen molar-refractivity contribution in [1.82, 2.24) is 9.97 Å². The van der Waals surface area contributed by atoms with E-state index in [1.165, 1.54) is 52.3 Å². The number of rotatable bonds is 3. The largest absolute Gasteiger partial charge is 0.673 e. The van der Waals surface area contributed by atoms with Crippen molar-refractivity contribution in [3.8, 4) is 11.4 Å². The number of aromatic nitrogens is 2. The maximum atomic E-state index is 11.3. The summed E-state index contributed by atoms with van der Waals surface area (Å²) >= 11 is 0. The SMILES string of the molecule is C1=C\CC/C=C\CC/1.COC(=O)c1ccc(-c2ccc(C(=O)OC)cn2)nc1.F[B-](F)(F)F.[Ir]. The van der Waals surface area contributed by atoms with Crippen molar-refractivity contribution >= 4 is 19.2 Å². The van der Waals surface area contributed by atoms with Gasteiger partial charge in [-0.3, -0.25) is 9.97 Å². The third-order valence-corrected chi connectivity index (χ3v) is 3.96. The van der Waals surface area contributed by atoms with E-state index in [4.69, 9.17) is 0 Å². The van der Waals surface area contributed by atoms with Gasteiger partial charge in [0.25, 0.3) is 0 Å². The number of halogens is 4. The standard InChI is InChI=1S/C14H12N2O4.C8H12.BF4.Ir/c1-19-13(17)9-3-5-11(15-7-9)12-6-4-10(8-16-12)14(18)20-2;1-2-4-6-8-7-5-3-1;2-1(3,4)5;/h3-8H,1-2H3;1-2,7-8H,3-6H2;;/q;;-1;/b;2-1-,8-7-;;. The van der Waals surface area contributed by atoms with Crippen LogP contribution in [-0.2, 0) is 29.6 Å². The Balaban J connectivity index is 0.000000642. The van der Waals surface area contributed by atoms with Gasteiger partial charge in [-0.2, -0.15) is 0 Å². The predicted molar refractivity (Wildman–Crippen MR) is 117 cm³/mol. The number of allylic oxidation sites excluding steroid dienone is 4. The molecule has 3 rings (SSSR count). The molecule has 187 valence electrons. The molecule has 0 saturated carbocycles. The van der Waals surface area contributed by atoms with Gasteiger partial charge in [-0.05, 0) is 49.9 Å². The Bertz CT molecular complexity index is 848. The summed E-state index contributed by atoms with van der Waals surface area (Å²) in [6.45, 7) is 0. The van der Waals surface area contributed by atoms with Gasteiger partial charge in [0.2, 0.25) is 0 Å². The van der Waals surface area contributed by atoms with Gasteiger partial charge in [0.15, 0.2) is 0 Å². The number of methoxy groups -OCH3 is 2. The number of carbonyl (C=O) groups excluding carboxylic acids is 2. The van der Waals surface area contributed by atoms with E-state index in [9.17, 15) is 26.9 Å². The van der Waals surface area contributed by atoms with Crippen LogP contribution in [0.25, 0.3) is 11.4 Å². The van der Waals surface area contributed by atoms with Crippen molar-refractivity contribution < 1.29 is 56.4 Å². The van der Waals surface area contributed by atoms with Crippen LogP contribution in [0.4, 0.5) is 17.3 Å². The molecule has 12 heteroatoms. The molecular weight excluding hydrogens is 635 g/mol. The van der Waals surface area contributed by atoms with Crippen LogP contribution in [0.5, 0.6) is 0 Å². The number of esters is 2. The number of nitrogens with zero attached hydrogens (tertiary/aromatic N) is 2. The Morgan fingerprint density at radius 2 is 1.00 bits per heavy atom. The number of pyridine rings is 2. The predicted octanol–water partition coefficient (Wildman–Crippen LogP) is 5.69. The summed E-state index contributed by atoms with van der Waals surface area (Å²) < 4.78 is 48.2. The average Bonchev–Trinajstić information content (AvgIpc) is 2.77. The third kappa shape index (κ3) is 13.6. The second-order valence-electron chi connectivity index (χ2n) is 6.44. The fraction of sp³-hybridized carbons (Fsp3) is 0.273. The molecule has 0 atom stereocenters. The van der Waals surface area contributed by atoms with Crippen LogP contribution in [0.2, 0.25) is 0 Å². The Labute approximate surface area is 208 Å². The molecular formula is C22H24BF4IrN2O4-. The molecule has 0 saturated heterocycles. The van der Waals surface area contributed by atoms with Gasteiger partial charge in [0, 0.05) is 32.5 Å². The molecule has 0 spiro atoms. The fourth-order valence-corrected chi connectivity index (χ4v) is 2.42. The van der Waals surface area contributed by atoms with Gasteiger partial charge in [-0.25, -0.2) is 9.59 Å². The quantitative estimate of drug-likeness (QED) is 0.183. The Morgan fingerprint density at radius 3 is 1.21 bits per heavy atom. The van der Waals surface area contributed by atoms with Crippen LogP contribution < -0.4 is 0 Å². The monoisotopic (exact) mass is 660 g/mol. The molecule has 0 aliphatic heterocycles. The van der Waals surface area contributed by atoms with E-state index in [1.807, 2.05) is 0 Å². The van der Waals surface area contributed by atoms with Crippen molar-refractivity contribution in [2.24, 2.45) is 0 Å². The van der Waals surface area contributed by atoms with Gasteiger partial charge in [0.1, 0.15) is 0 Å². The van der Waals surface area contributed by atoms with E-state index in [1.54, 1.807) is 24.3 Å². The zero-order valence-corrected chi connectivity index (χ0v) is 20.9. The second kappa shape index (κ2) is 16.7. The van der Waals surface area contributed by atoms with E-state index in [0.717, 1.165) is 0 Å². The van der Waals surface area contributed by atoms with Gasteiger partial charge in [-0.15, -0.1) is 0 Å². The minimum absolute atomic E-state index is 0. The number of hydrogen-bond donors (Lipinski definition) is 0.